The van der Waals surface area contributed by atoms with Crippen molar-refractivity contribution in [3.63, 3.8) is 0 Å². The topological polar surface area (TPSA) is 41.6 Å². The summed E-state index contributed by atoms with van der Waals surface area (Å²) in [5.41, 5.74) is 3.69. The van der Waals surface area contributed by atoms with Gasteiger partial charge in [0.15, 0.2) is 5.65 Å². The smallest absolute Gasteiger partial charge is 0.177 e. The van der Waals surface area contributed by atoms with E-state index in [9.17, 15) is 0 Å². The zero-order valence-electron chi connectivity index (χ0n) is 11.1. The van der Waals surface area contributed by atoms with E-state index < -0.39 is 0 Å². The largest absolute Gasteiger partial charge is 0.340 e. The van der Waals surface area contributed by atoms with Gasteiger partial charge in [-0.15, -0.1) is 0 Å². The van der Waals surface area contributed by atoms with E-state index in [-0.39, 0.29) is 0 Å². The first-order valence-electron chi connectivity index (χ1n) is 6.16. The quantitative estimate of drug-likeness (QED) is 0.814. The summed E-state index contributed by atoms with van der Waals surface area (Å²) in [7, 11) is 0. The summed E-state index contributed by atoms with van der Waals surface area (Å²) in [6.45, 7) is 11.3. The van der Waals surface area contributed by atoms with Crippen molar-refractivity contribution >= 4 is 11.2 Å². The average molecular weight is 229 g/mol. The standard InChI is InChI=1S/C14H19N3/c1-8-6-9-11(15-7-8)17-12(16-9)10-13(2,3)14(10,4)5/h6-7,10H,1-5H3,(H,15,16,17). The zero-order valence-corrected chi connectivity index (χ0v) is 11.1. The van der Waals surface area contributed by atoms with Crippen molar-refractivity contribution in [3.05, 3.63) is 23.7 Å². The van der Waals surface area contributed by atoms with Crippen LogP contribution in [0.1, 0.15) is 45.0 Å². The molecule has 0 aromatic carbocycles. The van der Waals surface area contributed by atoms with Crippen LogP contribution in [-0.4, -0.2) is 15.0 Å². The molecule has 2 aromatic heterocycles. The van der Waals surface area contributed by atoms with Gasteiger partial charge in [0, 0.05) is 12.1 Å². The number of rotatable bonds is 1. The number of pyridine rings is 1. The summed E-state index contributed by atoms with van der Waals surface area (Å²) >= 11 is 0. The number of nitrogens with zero attached hydrogens (tertiary/aromatic N) is 2. The fraction of sp³-hybridized carbons (Fsp3) is 0.571. The van der Waals surface area contributed by atoms with E-state index in [1.165, 1.54) is 5.56 Å². The molecule has 90 valence electrons. The van der Waals surface area contributed by atoms with E-state index in [2.05, 4.69) is 55.6 Å². The number of aryl methyl sites for hydroxylation is 1. The maximum absolute atomic E-state index is 4.64. The lowest BCUT2D eigenvalue weighted by atomic mass is 10.0. The Labute approximate surface area is 102 Å². The molecule has 3 nitrogen and oxygen atoms in total. The first-order valence-corrected chi connectivity index (χ1v) is 6.16. The van der Waals surface area contributed by atoms with E-state index in [1.54, 1.807) is 0 Å². The van der Waals surface area contributed by atoms with Crippen LogP contribution in [0.4, 0.5) is 0 Å². The van der Waals surface area contributed by atoms with E-state index in [0.29, 0.717) is 16.7 Å². The summed E-state index contributed by atoms with van der Waals surface area (Å²) in [5.74, 6) is 1.60. The van der Waals surface area contributed by atoms with Gasteiger partial charge in [-0.1, -0.05) is 27.7 Å². The lowest BCUT2D eigenvalue weighted by Gasteiger charge is -2.03. The van der Waals surface area contributed by atoms with Crippen LogP contribution in [0.3, 0.4) is 0 Å². The van der Waals surface area contributed by atoms with E-state index in [0.717, 1.165) is 17.0 Å². The van der Waals surface area contributed by atoms with Crippen LogP contribution in [0, 0.1) is 17.8 Å². The highest BCUT2D eigenvalue weighted by atomic mass is 15.0. The number of aromatic nitrogens is 3. The van der Waals surface area contributed by atoms with Crippen LogP contribution in [0.2, 0.25) is 0 Å². The number of nitrogens with one attached hydrogen (secondary N) is 1. The van der Waals surface area contributed by atoms with Crippen LogP contribution in [-0.2, 0) is 0 Å². The van der Waals surface area contributed by atoms with Gasteiger partial charge in [0.05, 0.1) is 5.52 Å². The molecule has 0 amide bonds. The average Bonchev–Trinajstić information content (AvgIpc) is 2.56. The molecule has 3 rings (SSSR count). The fourth-order valence-electron chi connectivity index (χ4n) is 3.04. The number of aromatic amines is 1. The maximum Gasteiger partial charge on any atom is 0.177 e. The Kier molecular flexibility index (Phi) is 1.83. The van der Waals surface area contributed by atoms with Gasteiger partial charge >= 0.3 is 0 Å². The predicted molar refractivity (Wildman–Crippen MR) is 68.9 cm³/mol. The Hall–Kier alpha value is -1.38. The molecule has 1 aliphatic rings. The fourth-order valence-corrected chi connectivity index (χ4v) is 3.04. The minimum Gasteiger partial charge on any atom is -0.340 e. The molecule has 0 atom stereocenters. The number of imidazole rings is 1. The second-order valence-electron chi connectivity index (χ2n) is 6.38. The van der Waals surface area contributed by atoms with Gasteiger partial charge < -0.3 is 4.98 Å². The van der Waals surface area contributed by atoms with Gasteiger partial charge in [-0.25, -0.2) is 9.97 Å². The minimum absolute atomic E-state index is 0.315. The number of H-pyrrole nitrogens is 1. The van der Waals surface area contributed by atoms with Crippen molar-refractivity contribution in [2.75, 3.05) is 0 Å². The van der Waals surface area contributed by atoms with Crippen molar-refractivity contribution in [3.8, 4) is 0 Å². The van der Waals surface area contributed by atoms with Crippen molar-refractivity contribution < 1.29 is 0 Å². The molecule has 0 saturated heterocycles. The first-order chi connectivity index (χ1) is 7.84. The lowest BCUT2D eigenvalue weighted by molar-refractivity contribution is 0.457. The molecule has 0 bridgehead atoms. The van der Waals surface area contributed by atoms with Crippen LogP contribution < -0.4 is 0 Å². The molecule has 17 heavy (non-hydrogen) atoms. The van der Waals surface area contributed by atoms with E-state index in [1.807, 2.05) is 6.20 Å². The van der Waals surface area contributed by atoms with Crippen LogP contribution in [0.25, 0.3) is 11.2 Å². The predicted octanol–water partition coefficient (Wildman–Crippen LogP) is 3.42. The van der Waals surface area contributed by atoms with Gasteiger partial charge in [-0.2, -0.15) is 0 Å². The summed E-state index contributed by atoms with van der Waals surface area (Å²) in [4.78, 5) is 12.4. The molecule has 3 heteroatoms. The SMILES string of the molecule is Cc1cnc2nc(C3C(C)(C)C3(C)C)[nH]c2c1. The molecule has 0 unspecified atom stereocenters. The first kappa shape index (κ1) is 10.8. The molecular weight excluding hydrogens is 210 g/mol. The van der Waals surface area contributed by atoms with E-state index in [4.69, 9.17) is 0 Å². The Morgan fingerprint density at radius 3 is 2.41 bits per heavy atom. The van der Waals surface area contributed by atoms with Gasteiger partial charge in [0.1, 0.15) is 5.82 Å². The third kappa shape index (κ3) is 1.28. The monoisotopic (exact) mass is 229 g/mol. The number of hydrogen-bond donors (Lipinski definition) is 1. The molecule has 2 aromatic rings. The molecule has 1 N–H and O–H groups in total. The Bertz CT molecular complexity index is 579. The van der Waals surface area contributed by atoms with Gasteiger partial charge in [0.25, 0.3) is 0 Å². The van der Waals surface area contributed by atoms with Crippen LogP contribution in [0.5, 0.6) is 0 Å². The number of fused-ring (bicyclic) bond motifs is 1. The normalized spacial score (nSPS) is 21.9. The van der Waals surface area contributed by atoms with Crippen LogP contribution >= 0.6 is 0 Å². The highest BCUT2D eigenvalue weighted by Gasteiger charge is 2.66. The Morgan fingerprint density at radius 1 is 1.18 bits per heavy atom. The van der Waals surface area contributed by atoms with Gasteiger partial charge in [-0.05, 0) is 29.4 Å². The molecule has 0 aliphatic heterocycles. The van der Waals surface area contributed by atoms with E-state index >= 15 is 0 Å². The molecule has 1 saturated carbocycles. The Morgan fingerprint density at radius 2 is 1.82 bits per heavy atom. The molecule has 1 fully saturated rings. The highest BCUT2D eigenvalue weighted by Crippen LogP contribution is 2.73. The second-order valence-corrected chi connectivity index (χ2v) is 6.38. The molecule has 0 radical (unpaired) electrons. The highest BCUT2D eigenvalue weighted by molar-refractivity contribution is 5.71. The molecule has 0 spiro atoms. The van der Waals surface area contributed by atoms with Crippen molar-refractivity contribution in [2.45, 2.75) is 40.5 Å². The van der Waals surface area contributed by atoms with Crippen molar-refractivity contribution in [2.24, 2.45) is 10.8 Å². The molecule has 2 heterocycles. The summed E-state index contributed by atoms with van der Waals surface area (Å²) in [6, 6.07) is 2.11. The maximum atomic E-state index is 4.64. The van der Waals surface area contributed by atoms with Gasteiger partial charge in [-0.3, -0.25) is 0 Å². The van der Waals surface area contributed by atoms with Crippen molar-refractivity contribution in [1.82, 2.24) is 15.0 Å². The molecular formula is C14H19N3. The molecule has 1 aliphatic carbocycles. The minimum atomic E-state index is 0.315. The summed E-state index contributed by atoms with van der Waals surface area (Å²) in [5, 5.41) is 0. The summed E-state index contributed by atoms with van der Waals surface area (Å²) < 4.78 is 0. The second kappa shape index (κ2) is 2.89. The summed E-state index contributed by atoms with van der Waals surface area (Å²) in [6.07, 6.45) is 1.87. The number of hydrogen-bond acceptors (Lipinski definition) is 2. The third-order valence-electron chi connectivity index (χ3n) is 4.79. The van der Waals surface area contributed by atoms with Crippen molar-refractivity contribution in [1.29, 1.82) is 0 Å². The lowest BCUT2D eigenvalue weighted by Crippen LogP contribution is -1.95. The van der Waals surface area contributed by atoms with Gasteiger partial charge in [0.2, 0.25) is 0 Å². The Balaban J connectivity index is 2.09. The third-order valence-corrected chi connectivity index (χ3v) is 4.79. The van der Waals surface area contributed by atoms with Crippen LogP contribution in [0.15, 0.2) is 12.3 Å². The zero-order chi connectivity index (χ0) is 12.4.